The zero-order valence-corrected chi connectivity index (χ0v) is 12.7. The summed E-state index contributed by atoms with van der Waals surface area (Å²) in [4.78, 5) is 0.297. The Kier molecular flexibility index (Phi) is 5.01. The molecule has 1 aliphatic carbocycles. The second-order valence-corrected chi connectivity index (χ2v) is 6.80. The average molecular weight is 298 g/mol. The predicted molar refractivity (Wildman–Crippen MR) is 79.4 cm³/mol. The van der Waals surface area contributed by atoms with Crippen LogP contribution in [0, 0.1) is 0 Å². The van der Waals surface area contributed by atoms with E-state index in [0.29, 0.717) is 23.6 Å². The predicted octanol–water partition coefficient (Wildman–Crippen LogP) is 1.96. The molecule has 6 heteroatoms. The summed E-state index contributed by atoms with van der Waals surface area (Å²) in [7, 11) is -1.62. The third-order valence-electron chi connectivity index (χ3n) is 3.59. The van der Waals surface area contributed by atoms with E-state index >= 15 is 0 Å². The molecule has 0 amide bonds. The Balaban J connectivity index is 1.99. The molecule has 5 nitrogen and oxygen atoms in total. The minimum atomic E-state index is -3.36. The van der Waals surface area contributed by atoms with Gasteiger partial charge in [-0.3, -0.25) is 0 Å². The van der Waals surface area contributed by atoms with Crippen LogP contribution in [0.15, 0.2) is 29.2 Å². The van der Waals surface area contributed by atoms with Crippen molar-refractivity contribution >= 4 is 15.7 Å². The van der Waals surface area contributed by atoms with Crippen LogP contribution >= 0.6 is 0 Å². The van der Waals surface area contributed by atoms with Gasteiger partial charge >= 0.3 is 0 Å². The molecule has 2 unspecified atom stereocenters. The third kappa shape index (κ3) is 3.71. The quantitative estimate of drug-likeness (QED) is 0.842. The number of hydrogen-bond acceptors (Lipinski definition) is 4. The maximum Gasteiger partial charge on any atom is 0.240 e. The largest absolute Gasteiger partial charge is 0.382 e. The molecule has 2 N–H and O–H groups in total. The molecular formula is C14H22N2O3S. The first-order chi connectivity index (χ1) is 9.55. The van der Waals surface area contributed by atoms with Crippen LogP contribution in [0.5, 0.6) is 0 Å². The Morgan fingerprint density at radius 3 is 2.50 bits per heavy atom. The number of anilines is 1. The topological polar surface area (TPSA) is 67.4 Å². The maximum absolute atomic E-state index is 11.8. The maximum atomic E-state index is 11.8. The third-order valence-corrected chi connectivity index (χ3v) is 5.15. The van der Waals surface area contributed by atoms with Gasteiger partial charge in [-0.25, -0.2) is 13.1 Å². The summed E-state index contributed by atoms with van der Waals surface area (Å²) in [5.74, 6) is 0. The van der Waals surface area contributed by atoms with Crippen LogP contribution in [-0.4, -0.2) is 34.2 Å². The second kappa shape index (κ2) is 6.56. The molecule has 1 aromatic rings. The molecule has 1 saturated carbocycles. The Morgan fingerprint density at radius 1 is 1.25 bits per heavy atom. The van der Waals surface area contributed by atoms with Gasteiger partial charge in [0.15, 0.2) is 0 Å². The highest BCUT2D eigenvalue weighted by Crippen LogP contribution is 2.25. The zero-order chi connectivity index (χ0) is 14.6. The summed E-state index contributed by atoms with van der Waals surface area (Å²) in [5, 5.41) is 3.42. The van der Waals surface area contributed by atoms with Crippen molar-refractivity contribution in [1.29, 1.82) is 0 Å². The Labute approximate surface area is 120 Å². The van der Waals surface area contributed by atoms with Crippen molar-refractivity contribution in [2.75, 3.05) is 19.0 Å². The van der Waals surface area contributed by atoms with Gasteiger partial charge in [-0.15, -0.1) is 0 Å². The van der Waals surface area contributed by atoms with E-state index in [1.165, 1.54) is 0 Å². The number of ether oxygens (including phenoxy) is 1. The van der Waals surface area contributed by atoms with Crippen LogP contribution in [-0.2, 0) is 14.8 Å². The van der Waals surface area contributed by atoms with Gasteiger partial charge in [-0.1, -0.05) is 6.92 Å². The van der Waals surface area contributed by atoms with Crippen molar-refractivity contribution in [3.05, 3.63) is 24.3 Å². The first-order valence-electron chi connectivity index (χ1n) is 6.94. The zero-order valence-electron chi connectivity index (χ0n) is 11.9. The van der Waals surface area contributed by atoms with Crippen molar-refractivity contribution in [3.8, 4) is 0 Å². The number of hydrogen-bond donors (Lipinski definition) is 2. The molecule has 0 spiro atoms. The van der Waals surface area contributed by atoms with Crippen LogP contribution in [0.25, 0.3) is 0 Å². The van der Waals surface area contributed by atoms with E-state index in [0.717, 1.165) is 24.9 Å². The van der Waals surface area contributed by atoms with E-state index in [-0.39, 0.29) is 0 Å². The lowest BCUT2D eigenvalue weighted by molar-refractivity contribution is 0.108. The molecule has 0 bridgehead atoms. The summed E-state index contributed by atoms with van der Waals surface area (Å²) in [6.07, 6.45) is 3.48. The van der Waals surface area contributed by atoms with E-state index in [2.05, 4.69) is 10.0 Å². The lowest BCUT2D eigenvalue weighted by atomic mass is 10.2. The fourth-order valence-electron chi connectivity index (χ4n) is 2.52. The van der Waals surface area contributed by atoms with Gasteiger partial charge in [-0.2, -0.15) is 0 Å². The first kappa shape index (κ1) is 15.3. The lowest BCUT2D eigenvalue weighted by Crippen LogP contribution is -2.23. The molecule has 1 aromatic carbocycles. The van der Waals surface area contributed by atoms with Gasteiger partial charge in [0.1, 0.15) is 0 Å². The van der Waals surface area contributed by atoms with Crippen molar-refractivity contribution in [2.24, 2.45) is 0 Å². The van der Waals surface area contributed by atoms with Gasteiger partial charge in [0.2, 0.25) is 10.0 Å². The van der Waals surface area contributed by atoms with Crippen molar-refractivity contribution in [1.82, 2.24) is 4.72 Å². The fraction of sp³-hybridized carbons (Fsp3) is 0.571. The Bertz CT molecular complexity index is 528. The van der Waals surface area contributed by atoms with Crippen LogP contribution in [0.2, 0.25) is 0 Å². The summed E-state index contributed by atoms with van der Waals surface area (Å²) >= 11 is 0. The van der Waals surface area contributed by atoms with Crippen LogP contribution < -0.4 is 10.0 Å². The van der Waals surface area contributed by atoms with Crippen LogP contribution in [0.4, 0.5) is 5.69 Å². The molecule has 112 valence electrons. The van der Waals surface area contributed by atoms with Crippen molar-refractivity contribution < 1.29 is 13.2 Å². The molecule has 0 aromatic heterocycles. The summed E-state index contributed by atoms with van der Waals surface area (Å²) in [6.45, 7) is 2.16. The second-order valence-electron chi connectivity index (χ2n) is 5.04. The highest BCUT2D eigenvalue weighted by Gasteiger charge is 2.24. The van der Waals surface area contributed by atoms with E-state index in [1.807, 2.05) is 12.1 Å². The van der Waals surface area contributed by atoms with Gasteiger partial charge in [-0.05, 0) is 43.5 Å². The van der Waals surface area contributed by atoms with Crippen LogP contribution in [0.3, 0.4) is 0 Å². The van der Waals surface area contributed by atoms with E-state index in [9.17, 15) is 8.42 Å². The number of nitrogens with one attached hydrogen (secondary N) is 2. The molecule has 0 radical (unpaired) electrons. The molecule has 2 rings (SSSR count). The summed E-state index contributed by atoms with van der Waals surface area (Å²) in [5.41, 5.74) is 0.946. The number of sulfonamides is 1. The van der Waals surface area contributed by atoms with Gasteiger partial charge in [0.25, 0.3) is 0 Å². The SMILES string of the molecule is CCNS(=O)(=O)c1ccc(NC2CCC(OC)C2)cc1. The minimum Gasteiger partial charge on any atom is -0.382 e. The smallest absolute Gasteiger partial charge is 0.240 e. The first-order valence-corrected chi connectivity index (χ1v) is 8.42. The molecule has 0 saturated heterocycles. The normalized spacial score (nSPS) is 22.9. The van der Waals surface area contributed by atoms with Crippen molar-refractivity contribution in [3.63, 3.8) is 0 Å². The minimum absolute atomic E-state index is 0.297. The molecule has 1 aliphatic rings. The van der Waals surface area contributed by atoms with Crippen molar-refractivity contribution in [2.45, 2.75) is 43.2 Å². The number of rotatable bonds is 6. The highest BCUT2D eigenvalue weighted by molar-refractivity contribution is 7.89. The average Bonchev–Trinajstić information content (AvgIpc) is 2.87. The number of benzene rings is 1. The molecular weight excluding hydrogens is 276 g/mol. The highest BCUT2D eigenvalue weighted by atomic mass is 32.2. The molecule has 0 heterocycles. The Morgan fingerprint density at radius 2 is 1.95 bits per heavy atom. The summed E-state index contributed by atoms with van der Waals surface area (Å²) in [6, 6.07) is 7.28. The summed E-state index contributed by atoms with van der Waals surface area (Å²) < 4.78 is 31.5. The van der Waals surface area contributed by atoms with Crippen LogP contribution in [0.1, 0.15) is 26.2 Å². The monoisotopic (exact) mass is 298 g/mol. The van der Waals surface area contributed by atoms with Gasteiger partial charge < -0.3 is 10.1 Å². The number of methoxy groups -OCH3 is 1. The molecule has 0 aliphatic heterocycles. The van der Waals surface area contributed by atoms with E-state index in [1.54, 1.807) is 26.2 Å². The standard InChI is InChI=1S/C14H22N2O3S/c1-3-15-20(17,18)14-8-5-11(6-9-14)16-12-4-7-13(10-12)19-2/h5-6,8-9,12-13,15-16H,3-4,7,10H2,1-2H3. The Hall–Kier alpha value is -1.11. The molecule has 20 heavy (non-hydrogen) atoms. The van der Waals surface area contributed by atoms with Gasteiger partial charge in [0.05, 0.1) is 11.0 Å². The van der Waals surface area contributed by atoms with E-state index in [4.69, 9.17) is 4.74 Å². The van der Waals surface area contributed by atoms with Gasteiger partial charge in [0, 0.05) is 25.4 Å². The lowest BCUT2D eigenvalue weighted by Gasteiger charge is -2.14. The fourth-order valence-corrected chi connectivity index (χ4v) is 3.57. The molecule has 1 fully saturated rings. The molecule has 2 atom stereocenters. The van der Waals surface area contributed by atoms with E-state index < -0.39 is 10.0 Å².